The zero-order valence-electron chi connectivity index (χ0n) is 14.0. The van der Waals surface area contributed by atoms with Crippen molar-refractivity contribution in [2.75, 3.05) is 6.54 Å². The zero-order valence-corrected chi connectivity index (χ0v) is 14.0. The fourth-order valence-corrected chi connectivity index (χ4v) is 3.17. The number of piperidine rings is 1. The average molecular weight is 328 g/mol. The summed E-state index contributed by atoms with van der Waals surface area (Å²) in [4.78, 5) is 19.0. The van der Waals surface area contributed by atoms with E-state index in [1.807, 2.05) is 42.2 Å². The number of amides is 1. The van der Waals surface area contributed by atoms with Gasteiger partial charge in [-0.15, -0.1) is 0 Å². The van der Waals surface area contributed by atoms with Crippen LogP contribution >= 0.6 is 0 Å². The third-order valence-electron chi connectivity index (χ3n) is 4.46. The molecule has 0 radical (unpaired) electrons. The highest BCUT2D eigenvalue weighted by molar-refractivity contribution is 5.82. The Morgan fingerprint density at radius 2 is 2.17 bits per heavy atom. The number of benzene rings is 1. The number of carbonyl (C=O) groups excluding carboxylic acids is 1. The molecule has 1 amide bonds. The first kappa shape index (κ1) is 16.6. The molecule has 1 aliphatic heterocycles. The first-order valence-electron chi connectivity index (χ1n) is 8.65. The summed E-state index contributed by atoms with van der Waals surface area (Å²) < 4.78 is 5.48. The third kappa shape index (κ3) is 3.48. The van der Waals surface area contributed by atoms with E-state index < -0.39 is 6.04 Å². The zero-order chi connectivity index (χ0) is 16.9. The van der Waals surface area contributed by atoms with Gasteiger partial charge in [0, 0.05) is 12.1 Å². The Hall–Kier alpha value is -2.21. The highest BCUT2D eigenvalue weighted by Crippen LogP contribution is 2.31. The lowest BCUT2D eigenvalue weighted by molar-refractivity contribution is -0.137. The molecule has 0 bridgehead atoms. The van der Waals surface area contributed by atoms with Gasteiger partial charge in [-0.05, 0) is 25.7 Å². The van der Waals surface area contributed by atoms with Gasteiger partial charge in [0.15, 0.2) is 0 Å². The van der Waals surface area contributed by atoms with Gasteiger partial charge in [0.05, 0.1) is 6.04 Å². The standard InChI is InChI=1S/C18H24N4O2/c1-2-8-14(19)18(23)22-12-7-6-11-15(22)17-20-16(21-24-17)13-9-4-3-5-10-13/h3-5,9-10,14-15H,2,6-8,11-12,19H2,1H3. The average Bonchev–Trinajstić information content (AvgIpc) is 3.12. The van der Waals surface area contributed by atoms with E-state index in [0.717, 1.165) is 31.2 Å². The van der Waals surface area contributed by atoms with Gasteiger partial charge in [-0.25, -0.2) is 0 Å². The Kier molecular flexibility index (Phi) is 5.25. The monoisotopic (exact) mass is 328 g/mol. The van der Waals surface area contributed by atoms with E-state index in [9.17, 15) is 4.79 Å². The van der Waals surface area contributed by atoms with Gasteiger partial charge in [-0.3, -0.25) is 4.79 Å². The minimum atomic E-state index is -0.452. The Balaban J connectivity index is 1.81. The maximum Gasteiger partial charge on any atom is 0.249 e. The Labute approximate surface area is 142 Å². The lowest BCUT2D eigenvalue weighted by Crippen LogP contribution is -2.47. The minimum absolute atomic E-state index is 0.0130. The molecule has 2 aromatic rings. The van der Waals surface area contributed by atoms with Crippen LogP contribution in [0.3, 0.4) is 0 Å². The molecule has 2 N–H and O–H groups in total. The molecule has 2 unspecified atom stereocenters. The molecule has 0 spiro atoms. The quantitative estimate of drug-likeness (QED) is 0.912. The molecule has 1 aromatic heterocycles. The number of likely N-dealkylation sites (tertiary alicyclic amines) is 1. The van der Waals surface area contributed by atoms with E-state index in [4.69, 9.17) is 10.3 Å². The summed E-state index contributed by atoms with van der Waals surface area (Å²) in [6.07, 6.45) is 4.45. The molecule has 3 rings (SSSR count). The Bertz CT molecular complexity index is 671. The minimum Gasteiger partial charge on any atom is -0.337 e. The molecule has 6 heteroatoms. The summed E-state index contributed by atoms with van der Waals surface area (Å²) in [5, 5.41) is 4.08. The molecule has 1 aromatic carbocycles. The normalized spacial score (nSPS) is 19.2. The summed E-state index contributed by atoms with van der Waals surface area (Å²) in [5.41, 5.74) is 6.94. The predicted molar refractivity (Wildman–Crippen MR) is 90.9 cm³/mol. The maximum atomic E-state index is 12.7. The van der Waals surface area contributed by atoms with Crippen LogP contribution in [0, 0.1) is 0 Å². The van der Waals surface area contributed by atoms with Crippen LogP contribution in [0.2, 0.25) is 0 Å². The van der Waals surface area contributed by atoms with Crippen LogP contribution in [0.1, 0.15) is 51.0 Å². The van der Waals surface area contributed by atoms with Crippen LogP contribution in [-0.4, -0.2) is 33.5 Å². The second-order valence-corrected chi connectivity index (χ2v) is 6.26. The number of nitrogens with two attached hydrogens (primary N) is 1. The van der Waals surface area contributed by atoms with Crippen molar-refractivity contribution < 1.29 is 9.32 Å². The van der Waals surface area contributed by atoms with Crippen molar-refractivity contribution in [3.8, 4) is 11.4 Å². The molecule has 0 saturated carbocycles. The summed E-state index contributed by atoms with van der Waals surface area (Å²) in [7, 11) is 0. The SMILES string of the molecule is CCCC(N)C(=O)N1CCCCC1c1nc(-c2ccccc2)no1. The Morgan fingerprint density at radius 3 is 2.92 bits per heavy atom. The molecule has 6 nitrogen and oxygen atoms in total. The molecular formula is C18H24N4O2. The van der Waals surface area contributed by atoms with E-state index in [2.05, 4.69) is 10.1 Å². The molecule has 1 fully saturated rings. The molecule has 128 valence electrons. The molecule has 0 aliphatic carbocycles. The third-order valence-corrected chi connectivity index (χ3v) is 4.46. The summed E-state index contributed by atoms with van der Waals surface area (Å²) in [6.45, 7) is 2.73. The van der Waals surface area contributed by atoms with Gasteiger partial charge in [0.25, 0.3) is 0 Å². The molecule has 24 heavy (non-hydrogen) atoms. The highest BCUT2D eigenvalue weighted by atomic mass is 16.5. The van der Waals surface area contributed by atoms with E-state index in [1.165, 1.54) is 0 Å². The van der Waals surface area contributed by atoms with Crippen molar-refractivity contribution in [1.29, 1.82) is 0 Å². The number of carbonyl (C=O) groups is 1. The van der Waals surface area contributed by atoms with Crippen molar-refractivity contribution in [3.05, 3.63) is 36.2 Å². The largest absolute Gasteiger partial charge is 0.337 e. The Morgan fingerprint density at radius 1 is 1.38 bits per heavy atom. The number of aromatic nitrogens is 2. The van der Waals surface area contributed by atoms with Crippen LogP contribution in [0.5, 0.6) is 0 Å². The number of hydrogen-bond donors (Lipinski definition) is 1. The molecule has 2 atom stereocenters. The number of rotatable bonds is 5. The number of nitrogens with zero attached hydrogens (tertiary/aromatic N) is 3. The van der Waals surface area contributed by atoms with Crippen molar-refractivity contribution in [1.82, 2.24) is 15.0 Å². The molecular weight excluding hydrogens is 304 g/mol. The summed E-state index contributed by atoms with van der Waals surface area (Å²) in [6, 6.07) is 9.08. The molecule has 1 saturated heterocycles. The van der Waals surface area contributed by atoms with Crippen LogP contribution in [0.15, 0.2) is 34.9 Å². The van der Waals surface area contributed by atoms with Crippen LogP contribution < -0.4 is 5.73 Å². The fraction of sp³-hybridized carbons (Fsp3) is 0.500. The lowest BCUT2D eigenvalue weighted by atomic mass is 10.00. The summed E-state index contributed by atoms with van der Waals surface area (Å²) in [5.74, 6) is 1.05. The highest BCUT2D eigenvalue weighted by Gasteiger charge is 2.34. The maximum absolute atomic E-state index is 12.7. The van der Waals surface area contributed by atoms with Gasteiger partial charge in [-0.1, -0.05) is 48.8 Å². The molecule has 1 aliphatic rings. The van der Waals surface area contributed by atoms with Gasteiger partial charge in [-0.2, -0.15) is 4.98 Å². The van der Waals surface area contributed by atoms with Crippen LogP contribution in [0.25, 0.3) is 11.4 Å². The van der Waals surface area contributed by atoms with Gasteiger partial charge < -0.3 is 15.2 Å². The van der Waals surface area contributed by atoms with E-state index in [-0.39, 0.29) is 11.9 Å². The van der Waals surface area contributed by atoms with Crippen molar-refractivity contribution in [2.45, 2.75) is 51.1 Å². The second kappa shape index (κ2) is 7.57. The molecule has 2 heterocycles. The van der Waals surface area contributed by atoms with Crippen molar-refractivity contribution in [3.63, 3.8) is 0 Å². The van der Waals surface area contributed by atoms with Crippen LogP contribution in [-0.2, 0) is 4.79 Å². The summed E-state index contributed by atoms with van der Waals surface area (Å²) >= 11 is 0. The van der Waals surface area contributed by atoms with E-state index in [1.54, 1.807) is 0 Å². The van der Waals surface area contributed by atoms with Crippen LogP contribution in [0.4, 0.5) is 0 Å². The van der Waals surface area contributed by atoms with Crippen molar-refractivity contribution in [2.24, 2.45) is 5.73 Å². The van der Waals surface area contributed by atoms with Gasteiger partial charge in [0.2, 0.25) is 17.6 Å². The predicted octanol–water partition coefficient (Wildman–Crippen LogP) is 2.92. The van der Waals surface area contributed by atoms with Gasteiger partial charge in [0.1, 0.15) is 6.04 Å². The fourth-order valence-electron chi connectivity index (χ4n) is 3.17. The lowest BCUT2D eigenvalue weighted by Gasteiger charge is -2.35. The van der Waals surface area contributed by atoms with Gasteiger partial charge >= 0.3 is 0 Å². The topological polar surface area (TPSA) is 85.3 Å². The first-order valence-corrected chi connectivity index (χ1v) is 8.65. The first-order chi connectivity index (χ1) is 11.7. The smallest absolute Gasteiger partial charge is 0.249 e. The van der Waals surface area contributed by atoms with Crippen molar-refractivity contribution >= 4 is 5.91 Å². The second-order valence-electron chi connectivity index (χ2n) is 6.26. The van der Waals surface area contributed by atoms with E-state index in [0.29, 0.717) is 24.7 Å². The van der Waals surface area contributed by atoms with E-state index >= 15 is 0 Å². The number of hydrogen-bond acceptors (Lipinski definition) is 5.